The first-order chi connectivity index (χ1) is 11.1. The molecule has 1 aromatic heterocycles. The maximum Gasteiger partial charge on any atom is 0.269 e. The lowest BCUT2D eigenvalue weighted by atomic mass is 9.87. The zero-order valence-corrected chi connectivity index (χ0v) is 13.2. The lowest BCUT2D eigenvalue weighted by Crippen LogP contribution is -2.12. The van der Waals surface area contributed by atoms with Crippen molar-refractivity contribution < 1.29 is 9.72 Å². The van der Waals surface area contributed by atoms with Gasteiger partial charge in [0.05, 0.1) is 4.92 Å². The van der Waals surface area contributed by atoms with Crippen LogP contribution in [0.2, 0.25) is 0 Å². The Bertz CT molecular complexity index is 786. The number of ketones is 1. The first-order valence-corrected chi connectivity index (χ1v) is 8.25. The molecule has 1 aromatic carbocycles. The third kappa shape index (κ3) is 3.63. The molecule has 23 heavy (non-hydrogen) atoms. The second-order valence-corrected chi connectivity index (χ2v) is 6.37. The van der Waals surface area contributed by atoms with E-state index >= 15 is 0 Å². The van der Waals surface area contributed by atoms with Gasteiger partial charge >= 0.3 is 0 Å². The Labute approximate surface area is 137 Å². The van der Waals surface area contributed by atoms with E-state index in [9.17, 15) is 14.9 Å². The molecular formula is C18H15NO3S. The molecule has 0 saturated heterocycles. The molecule has 1 fully saturated rings. The molecule has 0 N–H and O–H groups in total. The molecule has 0 unspecified atom stereocenters. The van der Waals surface area contributed by atoms with Crippen LogP contribution in [0.3, 0.4) is 0 Å². The number of Topliss-reactive ketones (excluding diaryl/α,β-unsaturated/α-hetero) is 1. The van der Waals surface area contributed by atoms with E-state index in [-0.39, 0.29) is 11.5 Å². The highest BCUT2D eigenvalue weighted by Crippen LogP contribution is 2.29. The number of hydrogen-bond donors (Lipinski definition) is 0. The Kier molecular flexibility index (Phi) is 4.48. The number of carbonyl (C=O) groups is 1. The van der Waals surface area contributed by atoms with Crippen molar-refractivity contribution in [2.75, 3.05) is 0 Å². The van der Waals surface area contributed by atoms with E-state index in [0.29, 0.717) is 0 Å². The number of nitro benzene ring substituents is 1. The number of hydrogen-bond acceptors (Lipinski definition) is 4. The molecule has 1 heterocycles. The lowest BCUT2D eigenvalue weighted by molar-refractivity contribution is -0.384. The third-order valence-electron chi connectivity index (χ3n) is 3.78. The number of thiophene rings is 1. The van der Waals surface area contributed by atoms with E-state index in [4.69, 9.17) is 0 Å². The van der Waals surface area contributed by atoms with Crippen LogP contribution in [-0.2, 0) is 4.79 Å². The summed E-state index contributed by atoms with van der Waals surface area (Å²) < 4.78 is 0. The minimum absolute atomic E-state index is 0.0559. The summed E-state index contributed by atoms with van der Waals surface area (Å²) >= 11 is 1.62. The Hall–Kier alpha value is -2.53. The zero-order chi connectivity index (χ0) is 16.2. The molecule has 116 valence electrons. The Morgan fingerprint density at radius 3 is 2.35 bits per heavy atom. The summed E-state index contributed by atoms with van der Waals surface area (Å²) in [5.74, 6) is 0.0861. The predicted octanol–water partition coefficient (Wildman–Crippen LogP) is 4.88. The smallest absolute Gasteiger partial charge is 0.269 e. The molecule has 1 aliphatic rings. The number of benzene rings is 1. The summed E-state index contributed by atoms with van der Waals surface area (Å²) in [5.41, 5.74) is 2.48. The van der Waals surface area contributed by atoms with Crippen LogP contribution >= 0.6 is 11.3 Å². The van der Waals surface area contributed by atoms with Gasteiger partial charge in [0.25, 0.3) is 5.69 Å². The summed E-state index contributed by atoms with van der Waals surface area (Å²) in [5, 5.41) is 12.7. The van der Waals surface area contributed by atoms with E-state index < -0.39 is 4.92 Å². The summed E-state index contributed by atoms with van der Waals surface area (Å²) in [6, 6.07) is 10.2. The van der Waals surface area contributed by atoms with Crippen LogP contribution in [0, 0.1) is 10.1 Å². The van der Waals surface area contributed by atoms with E-state index in [2.05, 4.69) is 0 Å². The Morgan fingerprint density at radius 1 is 1.04 bits per heavy atom. The van der Waals surface area contributed by atoms with Gasteiger partial charge in [0.2, 0.25) is 0 Å². The summed E-state index contributed by atoms with van der Waals surface area (Å²) in [7, 11) is 0. The molecule has 0 bridgehead atoms. The van der Waals surface area contributed by atoms with Crippen molar-refractivity contribution in [2.45, 2.75) is 19.3 Å². The van der Waals surface area contributed by atoms with Gasteiger partial charge in [-0.05, 0) is 60.6 Å². The van der Waals surface area contributed by atoms with Gasteiger partial charge in [0.15, 0.2) is 5.78 Å². The van der Waals surface area contributed by atoms with Crippen molar-refractivity contribution in [3.63, 3.8) is 0 Å². The van der Waals surface area contributed by atoms with Gasteiger partial charge in [-0.1, -0.05) is 6.07 Å². The molecule has 0 aliphatic heterocycles. The normalized spacial score (nSPS) is 18.5. The van der Waals surface area contributed by atoms with Gasteiger partial charge < -0.3 is 0 Å². The average molecular weight is 325 g/mol. The topological polar surface area (TPSA) is 60.2 Å². The fraction of sp³-hybridized carbons (Fsp3) is 0.167. The standard InChI is InChI=1S/C18H15NO3S/c20-18-14(11-13-6-8-16(9-7-13)19(21)22)3-1-4-15(18)12-17-5-2-10-23-17/h2,5-12H,1,3-4H2/b14-11+,15-12-. The van der Waals surface area contributed by atoms with Crippen LogP contribution in [-0.4, -0.2) is 10.7 Å². The van der Waals surface area contributed by atoms with Crippen LogP contribution in [0.25, 0.3) is 12.2 Å². The monoisotopic (exact) mass is 325 g/mol. The molecular weight excluding hydrogens is 310 g/mol. The predicted molar refractivity (Wildman–Crippen MR) is 92.2 cm³/mol. The number of allylic oxidation sites excluding steroid dienone is 2. The molecule has 1 aliphatic carbocycles. The highest BCUT2D eigenvalue weighted by atomic mass is 32.1. The number of non-ortho nitro benzene ring substituents is 1. The average Bonchev–Trinajstić information content (AvgIpc) is 3.05. The summed E-state index contributed by atoms with van der Waals surface area (Å²) in [6.45, 7) is 0. The van der Waals surface area contributed by atoms with E-state index in [0.717, 1.165) is 40.8 Å². The molecule has 4 nitrogen and oxygen atoms in total. The zero-order valence-electron chi connectivity index (χ0n) is 12.4. The molecule has 5 heteroatoms. The summed E-state index contributed by atoms with van der Waals surface area (Å²) in [4.78, 5) is 23.9. The maximum atomic E-state index is 12.6. The van der Waals surface area contributed by atoms with Gasteiger partial charge in [-0.25, -0.2) is 0 Å². The summed E-state index contributed by atoms with van der Waals surface area (Å²) in [6.07, 6.45) is 6.30. The van der Waals surface area contributed by atoms with E-state index in [1.165, 1.54) is 12.1 Å². The highest BCUT2D eigenvalue weighted by Gasteiger charge is 2.20. The fourth-order valence-corrected chi connectivity index (χ4v) is 3.30. The Balaban J connectivity index is 1.84. The van der Waals surface area contributed by atoms with Crippen LogP contribution in [0.4, 0.5) is 5.69 Å². The van der Waals surface area contributed by atoms with Crippen molar-refractivity contribution in [3.8, 4) is 0 Å². The number of nitro groups is 1. The number of nitrogens with zero attached hydrogens (tertiary/aromatic N) is 1. The Morgan fingerprint density at radius 2 is 1.74 bits per heavy atom. The number of rotatable bonds is 3. The molecule has 0 spiro atoms. The van der Waals surface area contributed by atoms with Crippen LogP contribution in [0.1, 0.15) is 29.7 Å². The van der Waals surface area contributed by atoms with Crippen molar-refractivity contribution in [2.24, 2.45) is 0 Å². The van der Waals surface area contributed by atoms with E-state index in [1.54, 1.807) is 23.5 Å². The fourth-order valence-electron chi connectivity index (χ4n) is 2.62. The number of carbonyl (C=O) groups excluding carboxylic acids is 1. The quantitative estimate of drug-likeness (QED) is 0.459. The van der Waals surface area contributed by atoms with E-state index in [1.807, 2.05) is 29.7 Å². The second-order valence-electron chi connectivity index (χ2n) is 5.39. The van der Waals surface area contributed by atoms with Crippen molar-refractivity contribution in [1.82, 2.24) is 0 Å². The largest absolute Gasteiger partial charge is 0.289 e. The van der Waals surface area contributed by atoms with Crippen LogP contribution in [0.5, 0.6) is 0 Å². The lowest BCUT2D eigenvalue weighted by Gasteiger charge is -2.16. The minimum atomic E-state index is -0.426. The molecule has 1 saturated carbocycles. The third-order valence-corrected chi connectivity index (χ3v) is 4.60. The minimum Gasteiger partial charge on any atom is -0.289 e. The van der Waals surface area contributed by atoms with Crippen molar-refractivity contribution in [1.29, 1.82) is 0 Å². The highest BCUT2D eigenvalue weighted by molar-refractivity contribution is 7.10. The van der Waals surface area contributed by atoms with Crippen molar-refractivity contribution in [3.05, 3.63) is 73.5 Å². The van der Waals surface area contributed by atoms with Crippen LogP contribution in [0.15, 0.2) is 52.9 Å². The molecule has 3 rings (SSSR count). The molecule has 2 aromatic rings. The molecule has 0 atom stereocenters. The van der Waals surface area contributed by atoms with Gasteiger partial charge in [-0.15, -0.1) is 11.3 Å². The van der Waals surface area contributed by atoms with Crippen molar-refractivity contribution >= 4 is 35.0 Å². The maximum absolute atomic E-state index is 12.6. The molecule has 0 radical (unpaired) electrons. The van der Waals surface area contributed by atoms with Gasteiger partial charge in [0, 0.05) is 28.2 Å². The van der Waals surface area contributed by atoms with Gasteiger partial charge in [0.1, 0.15) is 0 Å². The first-order valence-electron chi connectivity index (χ1n) is 7.37. The second kappa shape index (κ2) is 6.71. The van der Waals surface area contributed by atoms with Crippen LogP contribution < -0.4 is 0 Å². The van der Waals surface area contributed by atoms with Gasteiger partial charge in [-0.3, -0.25) is 14.9 Å². The van der Waals surface area contributed by atoms with Gasteiger partial charge in [-0.2, -0.15) is 0 Å². The molecule has 0 amide bonds. The SMILES string of the molecule is O=C1/C(=C\c2cccs2)CCC/C1=C\c1ccc([N+](=O)[O-])cc1. The first kappa shape index (κ1) is 15.4.